The van der Waals surface area contributed by atoms with Gasteiger partial charge in [-0.3, -0.25) is 14.4 Å². The van der Waals surface area contributed by atoms with Crippen LogP contribution in [0.2, 0.25) is 0 Å². The average molecular weight is 479 g/mol. The van der Waals surface area contributed by atoms with Gasteiger partial charge in [-0.15, -0.1) is 0 Å². The third-order valence-corrected chi connectivity index (χ3v) is 6.12. The van der Waals surface area contributed by atoms with E-state index in [0.717, 1.165) is 15.7 Å². The molecule has 0 aromatic heterocycles. The van der Waals surface area contributed by atoms with Gasteiger partial charge in [0.15, 0.2) is 6.10 Å². The quantitative estimate of drug-likeness (QED) is 0.516. The molecule has 156 valence electrons. The highest BCUT2D eigenvalue weighted by Crippen LogP contribution is 2.48. The van der Waals surface area contributed by atoms with E-state index in [1.807, 2.05) is 60.7 Å². The van der Waals surface area contributed by atoms with Crippen molar-refractivity contribution in [1.82, 2.24) is 0 Å². The molecule has 2 heterocycles. The lowest BCUT2D eigenvalue weighted by atomic mass is 9.90. The van der Waals surface area contributed by atoms with Crippen molar-refractivity contribution in [3.8, 4) is 5.75 Å². The average Bonchev–Trinajstić information content (AvgIpc) is 3.30. The Bertz CT molecular complexity index is 1150. The summed E-state index contributed by atoms with van der Waals surface area (Å²) in [4.78, 5) is 34.3. The van der Waals surface area contributed by atoms with Crippen LogP contribution in [0.25, 0.3) is 0 Å². The Morgan fingerprint density at radius 1 is 0.871 bits per heavy atom. The van der Waals surface area contributed by atoms with E-state index in [-0.39, 0.29) is 11.8 Å². The number of nitrogens with zero attached hydrogens (tertiary/aromatic N) is 2. The number of para-hydroxylation sites is 1. The van der Waals surface area contributed by atoms with Crippen molar-refractivity contribution in [3.63, 3.8) is 0 Å². The van der Waals surface area contributed by atoms with Crippen LogP contribution < -0.4 is 14.7 Å². The Kier molecular flexibility index (Phi) is 5.00. The maximum absolute atomic E-state index is 13.6. The molecular formula is C24H19BrN2O4. The number of hydrogen-bond donors (Lipinski definition) is 0. The fraction of sp³-hybridized carbons (Fsp3) is 0.167. The van der Waals surface area contributed by atoms with Gasteiger partial charge in [0.25, 0.3) is 5.91 Å². The summed E-state index contributed by atoms with van der Waals surface area (Å²) >= 11 is 3.41. The van der Waals surface area contributed by atoms with Gasteiger partial charge < -0.3 is 4.74 Å². The fourth-order valence-electron chi connectivity index (χ4n) is 4.25. The number of anilines is 2. The van der Waals surface area contributed by atoms with Gasteiger partial charge in [-0.25, -0.2) is 9.96 Å². The number of carbonyl (C=O) groups is 2. The normalized spacial score (nSPS) is 22.7. The summed E-state index contributed by atoms with van der Waals surface area (Å²) in [5, 5.41) is 1.68. The lowest BCUT2D eigenvalue weighted by molar-refractivity contribution is -0.126. The molecule has 6 nitrogen and oxygen atoms in total. The van der Waals surface area contributed by atoms with Crippen LogP contribution in [0.1, 0.15) is 11.6 Å². The maximum atomic E-state index is 13.6. The Morgan fingerprint density at radius 3 is 2.35 bits per heavy atom. The molecule has 3 atom stereocenters. The lowest BCUT2D eigenvalue weighted by Gasteiger charge is -2.29. The summed E-state index contributed by atoms with van der Waals surface area (Å²) in [6.45, 7) is 0. The zero-order valence-electron chi connectivity index (χ0n) is 16.6. The number of imide groups is 1. The number of amides is 2. The van der Waals surface area contributed by atoms with E-state index >= 15 is 0 Å². The number of methoxy groups -OCH3 is 1. The van der Waals surface area contributed by atoms with E-state index < -0.39 is 18.1 Å². The highest BCUT2D eigenvalue weighted by atomic mass is 79.9. The standard InChI is InChI=1S/C24H19BrN2O4/c1-30-19-12-5-7-15(13-19)21-20-22(31-27(21)17-9-3-2-4-10-17)24(29)26(23(20)28)18-11-6-8-16(25)14-18/h2-14,20-22H,1H3/t20-,21+,22+/m0/s1. The third-order valence-electron chi connectivity index (χ3n) is 5.63. The van der Waals surface area contributed by atoms with Gasteiger partial charge in [-0.05, 0) is 48.0 Å². The van der Waals surface area contributed by atoms with Gasteiger partial charge in [0.05, 0.1) is 24.5 Å². The van der Waals surface area contributed by atoms with E-state index in [0.29, 0.717) is 11.4 Å². The Hall–Kier alpha value is -3.16. The van der Waals surface area contributed by atoms with Crippen LogP contribution in [0.4, 0.5) is 11.4 Å². The van der Waals surface area contributed by atoms with Gasteiger partial charge in [0.2, 0.25) is 5.91 Å². The van der Waals surface area contributed by atoms with Crippen molar-refractivity contribution in [2.45, 2.75) is 12.1 Å². The fourth-order valence-corrected chi connectivity index (χ4v) is 4.63. The smallest absolute Gasteiger partial charge is 0.266 e. The van der Waals surface area contributed by atoms with Crippen LogP contribution in [0.5, 0.6) is 5.75 Å². The predicted molar refractivity (Wildman–Crippen MR) is 120 cm³/mol. The summed E-state index contributed by atoms with van der Waals surface area (Å²) in [5.74, 6) is -0.646. The monoisotopic (exact) mass is 478 g/mol. The van der Waals surface area contributed by atoms with E-state index in [4.69, 9.17) is 9.57 Å². The molecule has 0 aliphatic carbocycles. The highest BCUT2D eigenvalue weighted by Gasteiger charge is 2.60. The van der Waals surface area contributed by atoms with Crippen LogP contribution in [-0.2, 0) is 14.4 Å². The number of ether oxygens (including phenoxy) is 1. The highest BCUT2D eigenvalue weighted by molar-refractivity contribution is 9.10. The van der Waals surface area contributed by atoms with Crippen LogP contribution in [0, 0.1) is 5.92 Å². The lowest BCUT2D eigenvalue weighted by Crippen LogP contribution is -2.37. The molecule has 0 spiro atoms. The topological polar surface area (TPSA) is 59.1 Å². The molecule has 0 N–H and O–H groups in total. The van der Waals surface area contributed by atoms with Crippen LogP contribution in [0.3, 0.4) is 0 Å². The largest absolute Gasteiger partial charge is 0.497 e. The molecule has 7 heteroatoms. The first kappa shape index (κ1) is 19.8. The van der Waals surface area contributed by atoms with E-state index in [2.05, 4.69) is 15.9 Å². The summed E-state index contributed by atoms with van der Waals surface area (Å²) < 4.78 is 6.18. The molecule has 31 heavy (non-hydrogen) atoms. The van der Waals surface area contributed by atoms with E-state index in [1.54, 1.807) is 30.4 Å². The third kappa shape index (κ3) is 3.30. The number of fused-ring (bicyclic) bond motifs is 1. The van der Waals surface area contributed by atoms with Crippen LogP contribution in [0.15, 0.2) is 83.3 Å². The SMILES string of the molecule is COc1cccc([C@@H]2[C@@H]3C(=O)N(c4cccc(Br)c4)C(=O)[C@@H]3ON2c2ccccc2)c1. The predicted octanol–water partition coefficient (Wildman–Crippen LogP) is 4.51. The zero-order valence-corrected chi connectivity index (χ0v) is 18.2. The summed E-state index contributed by atoms with van der Waals surface area (Å²) in [6, 6.07) is 23.7. The molecule has 3 aromatic rings. The minimum Gasteiger partial charge on any atom is -0.497 e. The van der Waals surface area contributed by atoms with Crippen molar-refractivity contribution >= 4 is 39.1 Å². The summed E-state index contributed by atoms with van der Waals surface area (Å²) in [7, 11) is 1.60. The first-order valence-corrected chi connectivity index (χ1v) is 10.7. The second kappa shape index (κ2) is 7.83. The number of hydroxylamine groups is 1. The van der Waals surface area contributed by atoms with Crippen molar-refractivity contribution in [2.75, 3.05) is 17.1 Å². The Labute approximate surface area is 188 Å². The summed E-state index contributed by atoms with van der Waals surface area (Å²) in [6.07, 6.45) is -0.900. The molecular weight excluding hydrogens is 460 g/mol. The minimum absolute atomic E-state index is 0.278. The second-order valence-electron chi connectivity index (χ2n) is 7.43. The molecule has 0 saturated carbocycles. The van der Waals surface area contributed by atoms with Gasteiger partial charge in [-0.2, -0.15) is 0 Å². The Balaban J connectivity index is 1.60. The maximum Gasteiger partial charge on any atom is 0.266 e. The second-order valence-corrected chi connectivity index (χ2v) is 8.34. The van der Waals surface area contributed by atoms with Crippen molar-refractivity contribution < 1.29 is 19.2 Å². The number of halogens is 1. The Morgan fingerprint density at radius 2 is 1.61 bits per heavy atom. The molecule has 3 aromatic carbocycles. The van der Waals surface area contributed by atoms with Crippen molar-refractivity contribution in [3.05, 3.63) is 88.9 Å². The van der Waals surface area contributed by atoms with E-state index in [1.165, 1.54) is 4.90 Å². The summed E-state index contributed by atoms with van der Waals surface area (Å²) in [5.41, 5.74) is 2.14. The molecule has 0 unspecified atom stereocenters. The van der Waals surface area contributed by atoms with Gasteiger partial charge in [0, 0.05) is 4.47 Å². The number of carbonyl (C=O) groups excluding carboxylic acids is 2. The van der Waals surface area contributed by atoms with Crippen LogP contribution >= 0.6 is 15.9 Å². The van der Waals surface area contributed by atoms with Crippen LogP contribution in [-0.4, -0.2) is 25.0 Å². The molecule has 0 radical (unpaired) electrons. The zero-order chi connectivity index (χ0) is 21.5. The molecule has 2 amide bonds. The number of hydrogen-bond acceptors (Lipinski definition) is 5. The first-order valence-electron chi connectivity index (χ1n) is 9.87. The number of benzene rings is 3. The molecule has 0 bridgehead atoms. The van der Waals surface area contributed by atoms with Crippen molar-refractivity contribution in [1.29, 1.82) is 0 Å². The van der Waals surface area contributed by atoms with Gasteiger partial charge in [0.1, 0.15) is 11.7 Å². The molecule has 2 saturated heterocycles. The molecule has 2 aliphatic rings. The van der Waals surface area contributed by atoms with Crippen molar-refractivity contribution in [2.24, 2.45) is 5.92 Å². The first-order chi connectivity index (χ1) is 15.1. The molecule has 2 aliphatic heterocycles. The molecule has 2 fully saturated rings. The minimum atomic E-state index is -0.900. The van der Waals surface area contributed by atoms with E-state index in [9.17, 15) is 9.59 Å². The molecule has 5 rings (SSSR count). The van der Waals surface area contributed by atoms with Gasteiger partial charge >= 0.3 is 0 Å². The number of rotatable bonds is 4. The van der Waals surface area contributed by atoms with Gasteiger partial charge in [-0.1, -0.05) is 52.3 Å².